The number of nitrogens with zero attached hydrogens (tertiary/aromatic N) is 6. The highest BCUT2D eigenvalue weighted by Gasteiger charge is 2.20. The molecule has 0 saturated carbocycles. The van der Waals surface area contributed by atoms with Gasteiger partial charge in [0.05, 0.1) is 6.54 Å². The Morgan fingerprint density at radius 1 is 1.12 bits per heavy atom. The van der Waals surface area contributed by atoms with E-state index in [9.17, 15) is 9.59 Å². The van der Waals surface area contributed by atoms with E-state index >= 15 is 0 Å². The minimum absolute atomic E-state index is 0.0781. The maximum absolute atomic E-state index is 12.6. The first-order valence-electron chi connectivity index (χ1n) is 10.8. The monoisotopic (exact) mass is 479 g/mol. The van der Waals surface area contributed by atoms with E-state index < -0.39 is 0 Å². The van der Waals surface area contributed by atoms with Crippen LogP contribution in [0.25, 0.3) is 0 Å². The van der Waals surface area contributed by atoms with Gasteiger partial charge in [0.15, 0.2) is 5.82 Å². The third-order valence-corrected chi connectivity index (χ3v) is 4.97. The number of anilines is 1. The molecule has 0 bridgehead atoms. The van der Waals surface area contributed by atoms with Crippen molar-refractivity contribution >= 4 is 30.6 Å². The summed E-state index contributed by atoms with van der Waals surface area (Å²) in [6.07, 6.45) is 7.70. The smallest absolute Gasteiger partial charge is 0.290 e. The number of aromatic nitrogens is 4. The molecule has 0 atom stereocenters. The Morgan fingerprint density at radius 3 is 2.44 bits per heavy atom. The van der Waals surface area contributed by atoms with Crippen LogP contribution in [0.3, 0.4) is 0 Å². The molecule has 13 heteroatoms. The molecule has 3 heterocycles. The van der Waals surface area contributed by atoms with E-state index in [-0.39, 0.29) is 24.8 Å². The van der Waals surface area contributed by atoms with Crippen molar-refractivity contribution in [2.24, 2.45) is 7.05 Å². The first kappa shape index (κ1) is 28.3. The third-order valence-electron chi connectivity index (χ3n) is 4.97. The minimum Gasteiger partial charge on any atom is -0.483 e. The second-order valence-electron chi connectivity index (χ2n) is 7.28. The Hall–Kier alpha value is -3.74. The summed E-state index contributed by atoms with van der Waals surface area (Å²) in [6.45, 7) is 5.44. The van der Waals surface area contributed by atoms with Crippen molar-refractivity contribution in [3.63, 3.8) is 0 Å². The van der Waals surface area contributed by atoms with Gasteiger partial charge in [0.25, 0.3) is 12.9 Å². The van der Waals surface area contributed by atoms with Crippen LogP contribution in [0.1, 0.15) is 25.6 Å². The highest BCUT2D eigenvalue weighted by Crippen LogP contribution is 2.08. The number of carbonyl (C=O) groups is 4. The largest absolute Gasteiger partial charge is 0.483 e. The van der Waals surface area contributed by atoms with Gasteiger partial charge in [-0.15, -0.1) is 0 Å². The van der Waals surface area contributed by atoms with E-state index in [0.717, 1.165) is 31.8 Å². The molecule has 3 N–H and O–H groups in total. The van der Waals surface area contributed by atoms with Gasteiger partial charge < -0.3 is 25.0 Å². The molecular weight excluding hydrogens is 446 g/mol. The fourth-order valence-electron chi connectivity index (χ4n) is 3.48. The van der Waals surface area contributed by atoms with Crippen molar-refractivity contribution in [2.45, 2.75) is 32.7 Å². The van der Waals surface area contributed by atoms with Gasteiger partial charge >= 0.3 is 0 Å². The van der Waals surface area contributed by atoms with Crippen LogP contribution in [-0.2, 0) is 39.2 Å². The van der Waals surface area contributed by atoms with Gasteiger partial charge in [0.1, 0.15) is 5.82 Å². The van der Waals surface area contributed by atoms with Crippen molar-refractivity contribution in [1.82, 2.24) is 29.1 Å². The molecule has 1 saturated heterocycles. The summed E-state index contributed by atoms with van der Waals surface area (Å²) >= 11 is 0. The molecule has 1 aliphatic rings. The number of imidazole rings is 1. The molecule has 2 amide bonds. The Labute approximate surface area is 198 Å². The molecule has 0 aliphatic carbocycles. The molecule has 13 nitrogen and oxygen atoms in total. The molecule has 2 aromatic rings. The number of hydrogen-bond donors (Lipinski definition) is 3. The van der Waals surface area contributed by atoms with Crippen molar-refractivity contribution in [3.8, 4) is 0 Å². The van der Waals surface area contributed by atoms with Crippen molar-refractivity contribution in [2.75, 3.05) is 38.0 Å². The van der Waals surface area contributed by atoms with E-state index in [0.29, 0.717) is 38.4 Å². The summed E-state index contributed by atoms with van der Waals surface area (Å²) < 4.78 is 3.70. The zero-order valence-corrected chi connectivity index (χ0v) is 19.5. The maximum Gasteiger partial charge on any atom is 0.290 e. The van der Waals surface area contributed by atoms with Crippen LogP contribution < -0.4 is 5.32 Å². The van der Waals surface area contributed by atoms with E-state index in [1.165, 1.54) is 0 Å². The van der Waals surface area contributed by atoms with E-state index in [2.05, 4.69) is 27.2 Å². The predicted molar refractivity (Wildman–Crippen MR) is 123 cm³/mol. The highest BCUT2D eigenvalue weighted by molar-refractivity contribution is 5.91. The number of carboxylic acid groups (broad SMARTS) is 2. The standard InChI is InChI=1S/C19H29N7O2.2CH2O2/c1-3-17-20-7-12-25(17)11-6-19(28)26-9-4-8-24(13-14-26)15-18(27)21-16-5-10-23(2)22-16;2*2-1-3/h5,7,10,12H,3-4,6,8-9,11,13-15H2,1-2H3,(H,21,22,27);2*1H,(H,2,3). The molecule has 188 valence electrons. The molecular formula is C21H33N7O6. The lowest BCUT2D eigenvalue weighted by Gasteiger charge is -2.22. The van der Waals surface area contributed by atoms with Crippen molar-refractivity contribution in [1.29, 1.82) is 0 Å². The zero-order chi connectivity index (χ0) is 25.3. The van der Waals surface area contributed by atoms with Crippen LogP contribution in [0.4, 0.5) is 5.82 Å². The van der Waals surface area contributed by atoms with Crippen LogP contribution in [0.2, 0.25) is 0 Å². The van der Waals surface area contributed by atoms with Gasteiger partial charge in [-0.05, 0) is 6.42 Å². The van der Waals surface area contributed by atoms with E-state index in [1.54, 1.807) is 23.1 Å². The number of aryl methyl sites for hydroxylation is 3. The summed E-state index contributed by atoms with van der Waals surface area (Å²) in [6, 6.07) is 1.77. The van der Waals surface area contributed by atoms with Gasteiger partial charge in [-0.3, -0.25) is 28.8 Å². The fourth-order valence-corrected chi connectivity index (χ4v) is 3.48. The second kappa shape index (κ2) is 16.0. The van der Waals surface area contributed by atoms with E-state index in [1.807, 2.05) is 22.7 Å². The minimum atomic E-state index is -0.250. The van der Waals surface area contributed by atoms with Crippen LogP contribution in [0.5, 0.6) is 0 Å². The first-order chi connectivity index (χ1) is 16.4. The van der Waals surface area contributed by atoms with E-state index in [4.69, 9.17) is 19.8 Å². The first-order valence-corrected chi connectivity index (χ1v) is 10.8. The Kier molecular flexibility index (Phi) is 13.3. The summed E-state index contributed by atoms with van der Waals surface area (Å²) in [5.74, 6) is 1.65. The molecule has 0 unspecified atom stereocenters. The molecule has 34 heavy (non-hydrogen) atoms. The predicted octanol–water partition coefficient (Wildman–Crippen LogP) is 0.144. The van der Waals surface area contributed by atoms with Gasteiger partial charge in [0, 0.05) is 77.3 Å². The average Bonchev–Trinajstić information content (AvgIpc) is 3.36. The summed E-state index contributed by atoms with van der Waals surface area (Å²) in [7, 11) is 1.81. The normalized spacial score (nSPS) is 13.4. The lowest BCUT2D eigenvalue weighted by Crippen LogP contribution is -2.38. The van der Waals surface area contributed by atoms with Crippen LogP contribution in [-0.4, -0.2) is 96.8 Å². The van der Waals surface area contributed by atoms with Crippen LogP contribution >= 0.6 is 0 Å². The summed E-state index contributed by atoms with van der Waals surface area (Å²) in [4.78, 5) is 49.9. The molecule has 1 aliphatic heterocycles. The topological polar surface area (TPSA) is 163 Å². The third kappa shape index (κ3) is 10.3. The van der Waals surface area contributed by atoms with Crippen molar-refractivity contribution in [3.05, 3.63) is 30.5 Å². The van der Waals surface area contributed by atoms with Crippen molar-refractivity contribution < 1.29 is 29.4 Å². The fraction of sp³-hybridized carbons (Fsp3) is 0.524. The number of amides is 2. The Balaban J connectivity index is 0.000000872. The van der Waals surface area contributed by atoms with Gasteiger partial charge in [0.2, 0.25) is 11.8 Å². The number of carbonyl (C=O) groups excluding carboxylic acids is 2. The van der Waals surface area contributed by atoms with Gasteiger partial charge in [-0.25, -0.2) is 4.98 Å². The molecule has 0 spiro atoms. The van der Waals surface area contributed by atoms with Gasteiger partial charge in [-0.1, -0.05) is 6.92 Å². The Morgan fingerprint density at radius 2 is 1.82 bits per heavy atom. The summed E-state index contributed by atoms with van der Waals surface area (Å²) in [5, 5.41) is 20.7. The molecule has 0 radical (unpaired) electrons. The number of rotatable bonds is 7. The van der Waals surface area contributed by atoms with Crippen LogP contribution in [0, 0.1) is 0 Å². The number of nitrogens with one attached hydrogen (secondary N) is 1. The lowest BCUT2D eigenvalue weighted by molar-refractivity contribution is -0.131. The SMILES string of the molecule is CCc1nccn1CCC(=O)N1CCCN(CC(=O)Nc2ccn(C)n2)CC1.O=CO.O=CO. The van der Waals surface area contributed by atoms with Gasteiger partial charge in [-0.2, -0.15) is 5.10 Å². The lowest BCUT2D eigenvalue weighted by atomic mass is 10.3. The average molecular weight is 480 g/mol. The zero-order valence-electron chi connectivity index (χ0n) is 19.5. The highest BCUT2D eigenvalue weighted by atomic mass is 16.3. The molecule has 2 aromatic heterocycles. The van der Waals surface area contributed by atoms with Crippen LogP contribution in [0.15, 0.2) is 24.7 Å². The molecule has 0 aromatic carbocycles. The number of hydrogen-bond acceptors (Lipinski definition) is 7. The molecule has 1 fully saturated rings. The maximum atomic E-state index is 12.6. The second-order valence-corrected chi connectivity index (χ2v) is 7.28. The Bertz CT molecular complexity index is 892. The quantitative estimate of drug-likeness (QED) is 0.469. The molecule has 3 rings (SSSR count). The summed E-state index contributed by atoms with van der Waals surface area (Å²) in [5.41, 5.74) is 0.